The molecule has 3 aromatic rings. The zero-order valence-corrected chi connectivity index (χ0v) is 15.8. The maximum Gasteiger partial charge on any atom is 0.253 e. The highest BCUT2D eigenvalue weighted by Gasteiger charge is 2.51. The van der Waals surface area contributed by atoms with Gasteiger partial charge < -0.3 is 9.72 Å². The summed E-state index contributed by atoms with van der Waals surface area (Å²) in [4.78, 5) is 22.2. The SMILES string of the molecule is O=C(NC12CC3CC(CC(C3)C1)C2)c1cnccc1-c1ncn2ccccc12. The van der Waals surface area contributed by atoms with Crippen LogP contribution >= 0.6 is 0 Å². The fourth-order valence-corrected chi connectivity index (χ4v) is 6.50. The number of aromatic nitrogens is 3. The van der Waals surface area contributed by atoms with Crippen LogP contribution in [0.2, 0.25) is 0 Å². The van der Waals surface area contributed by atoms with E-state index in [1.54, 1.807) is 18.7 Å². The van der Waals surface area contributed by atoms with Crippen LogP contribution in [0.3, 0.4) is 0 Å². The van der Waals surface area contributed by atoms with E-state index in [9.17, 15) is 4.79 Å². The van der Waals surface area contributed by atoms with Gasteiger partial charge in [-0.3, -0.25) is 9.78 Å². The van der Waals surface area contributed by atoms with E-state index < -0.39 is 0 Å². The van der Waals surface area contributed by atoms with Crippen LogP contribution in [-0.2, 0) is 0 Å². The normalized spacial score (nSPS) is 30.6. The molecule has 3 aromatic heterocycles. The van der Waals surface area contributed by atoms with Gasteiger partial charge in [-0.05, 0) is 74.5 Å². The molecule has 1 amide bonds. The van der Waals surface area contributed by atoms with Crippen molar-refractivity contribution in [2.45, 2.75) is 44.1 Å². The summed E-state index contributed by atoms with van der Waals surface area (Å²) in [5.74, 6) is 2.41. The number of hydrogen-bond donors (Lipinski definition) is 1. The zero-order chi connectivity index (χ0) is 18.7. The predicted octanol–water partition coefficient (Wildman–Crippen LogP) is 4.09. The van der Waals surface area contributed by atoms with Crippen LogP contribution in [0.15, 0.2) is 49.2 Å². The van der Waals surface area contributed by atoms with E-state index in [4.69, 9.17) is 0 Å². The lowest BCUT2D eigenvalue weighted by Crippen LogP contribution is -2.59. The van der Waals surface area contributed by atoms with E-state index in [2.05, 4.69) is 15.3 Å². The van der Waals surface area contributed by atoms with Gasteiger partial charge in [0.1, 0.15) is 0 Å². The number of nitrogens with one attached hydrogen (secondary N) is 1. The number of carbonyl (C=O) groups is 1. The summed E-state index contributed by atoms with van der Waals surface area (Å²) >= 11 is 0. The number of rotatable bonds is 3. The molecule has 0 radical (unpaired) electrons. The molecule has 28 heavy (non-hydrogen) atoms. The molecule has 7 rings (SSSR count). The summed E-state index contributed by atoms with van der Waals surface area (Å²) in [5, 5.41) is 3.48. The Morgan fingerprint density at radius 1 is 1.07 bits per heavy atom. The number of pyridine rings is 2. The van der Waals surface area contributed by atoms with Crippen LogP contribution in [0, 0.1) is 17.8 Å². The molecule has 5 nitrogen and oxygen atoms in total. The molecule has 5 heteroatoms. The van der Waals surface area contributed by atoms with Gasteiger partial charge in [0.15, 0.2) is 0 Å². The molecular weight excluding hydrogens is 348 g/mol. The van der Waals surface area contributed by atoms with Crippen molar-refractivity contribution in [1.82, 2.24) is 19.7 Å². The van der Waals surface area contributed by atoms with Crippen molar-refractivity contribution in [2.24, 2.45) is 17.8 Å². The van der Waals surface area contributed by atoms with Crippen LogP contribution in [0.25, 0.3) is 16.8 Å². The van der Waals surface area contributed by atoms with E-state index in [0.717, 1.165) is 53.8 Å². The highest BCUT2D eigenvalue weighted by Crippen LogP contribution is 2.55. The Morgan fingerprint density at radius 2 is 1.82 bits per heavy atom. The zero-order valence-electron chi connectivity index (χ0n) is 15.8. The van der Waals surface area contributed by atoms with E-state index in [1.807, 2.05) is 34.9 Å². The molecule has 142 valence electrons. The van der Waals surface area contributed by atoms with Gasteiger partial charge >= 0.3 is 0 Å². The molecule has 0 unspecified atom stereocenters. The monoisotopic (exact) mass is 372 g/mol. The maximum atomic E-state index is 13.4. The van der Waals surface area contributed by atoms with Crippen LogP contribution in [0.5, 0.6) is 0 Å². The third-order valence-corrected chi connectivity index (χ3v) is 7.18. The number of nitrogens with zero attached hydrogens (tertiary/aromatic N) is 3. The Labute approximate surface area is 164 Å². The molecule has 0 spiro atoms. The summed E-state index contributed by atoms with van der Waals surface area (Å²) in [6, 6.07) is 7.91. The first-order chi connectivity index (χ1) is 13.7. The van der Waals surface area contributed by atoms with E-state index >= 15 is 0 Å². The van der Waals surface area contributed by atoms with Crippen LogP contribution in [0.4, 0.5) is 0 Å². The lowest BCUT2D eigenvalue weighted by atomic mass is 9.53. The molecule has 1 N–H and O–H groups in total. The molecule has 3 heterocycles. The molecule has 4 bridgehead atoms. The molecule has 0 atom stereocenters. The maximum absolute atomic E-state index is 13.4. The molecule has 4 aliphatic rings. The van der Waals surface area contributed by atoms with Gasteiger partial charge in [-0.25, -0.2) is 4.98 Å². The summed E-state index contributed by atoms with van der Waals surface area (Å²) in [6.45, 7) is 0. The van der Waals surface area contributed by atoms with Crippen molar-refractivity contribution in [3.05, 3.63) is 54.7 Å². The van der Waals surface area contributed by atoms with E-state index in [0.29, 0.717) is 5.56 Å². The van der Waals surface area contributed by atoms with E-state index in [-0.39, 0.29) is 11.4 Å². The van der Waals surface area contributed by atoms with Gasteiger partial charge in [0, 0.05) is 29.7 Å². The lowest BCUT2D eigenvalue weighted by molar-refractivity contribution is -0.0166. The average molecular weight is 372 g/mol. The molecule has 0 aromatic carbocycles. The third kappa shape index (κ3) is 2.49. The van der Waals surface area contributed by atoms with Crippen LogP contribution < -0.4 is 5.32 Å². The Hall–Kier alpha value is -2.69. The first-order valence-electron chi connectivity index (χ1n) is 10.4. The quantitative estimate of drug-likeness (QED) is 0.753. The molecule has 0 aliphatic heterocycles. The number of imidazole rings is 1. The minimum Gasteiger partial charge on any atom is -0.347 e. The second-order valence-electron chi connectivity index (χ2n) is 9.16. The number of carbonyl (C=O) groups excluding carboxylic acids is 1. The van der Waals surface area contributed by atoms with Crippen molar-refractivity contribution in [3.8, 4) is 11.3 Å². The molecule has 4 aliphatic carbocycles. The number of hydrogen-bond acceptors (Lipinski definition) is 3. The molecule has 0 saturated heterocycles. The van der Waals surface area contributed by atoms with Crippen molar-refractivity contribution in [3.63, 3.8) is 0 Å². The average Bonchev–Trinajstić information content (AvgIpc) is 3.10. The topological polar surface area (TPSA) is 59.3 Å². The van der Waals surface area contributed by atoms with E-state index in [1.165, 1.54) is 19.3 Å². The second kappa shape index (κ2) is 5.90. The summed E-state index contributed by atoms with van der Waals surface area (Å²) in [6.07, 6.45) is 14.8. The highest BCUT2D eigenvalue weighted by atomic mass is 16.1. The van der Waals surface area contributed by atoms with Crippen molar-refractivity contribution >= 4 is 11.4 Å². The first kappa shape index (κ1) is 16.3. The van der Waals surface area contributed by atoms with Gasteiger partial charge in [-0.2, -0.15) is 0 Å². The van der Waals surface area contributed by atoms with Gasteiger partial charge in [0.05, 0.1) is 23.1 Å². The van der Waals surface area contributed by atoms with Gasteiger partial charge in [-0.15, -0.1) is 0 Å². The van der Waals surface area contributed by atoms with Crippen molar-refractivity contribution in [1.29, 1.82) is 0 Å². The standard InChI is InChI=1S/C23H24N4O/c28-22(26-23-10-15-7-16(11-23)9-17(8-15)12-23)19-13-24-5-4-18(19)21-20-3-1-2-6-27(20)14-25-21/h1-6,13-17H,7-12H2,(H,26,28). The Kier molecular flexibility index (Phi) is 3.43. The summed E-state index contributed by atoms with van der Waals surface area (Å²) in [7, 11) is 0. The van der Waals surface area contributed by atoms with Crippen LogP contribution in [0.1, 0.15) is 48.9 Å². The number of fused-ring (bicyclic) bond motifs is 1. The highest BCUT2D eigenvalue weighted by molar-refractivity contribution is 6.02. The lowest BCUT2D eigenvalue weighted by Gasteiger charge is -2.56. The fraction of sp³-hybridized carbons (Fsp3) is 0.435. The van der Waals surface area contributed by atoms with Crippen molar-refractivity contribution < 1.29 is 4.79 Å². The predicted molar refractivity (Wildman–Crippen MR) is 107 cm³/mol. The first-order valence-corrected chi connectivity index (χ1v) is 10.4. The van der Waals surface area contributed by atoms with Gasteiger partial charge in [0.2, 0.25) is 0 Å². The molecular formula is C23H24N4O. The minimum absolute atomic E-state index is 0.00197. The van der Waals surface area contributed by atoms with Crippen LogP contribution in [-0.4, -0.2) is 25.8 Å². The summed E-state index contributed by atoms with van der Waals surface area (Å²) < 4.78 is 1.98. The van der Waals surface area contributed by atoms with Gasteiger partial charge in [-0.1, -0.05) is 6.07 Å². The fourth-order valence-electron chi connectivity index (χ4n) is 6.50. The smallest absolute Gasteiger partial charge is 0.253 e. The van der Waals surface area contributed by atoms with Gasteiger partial charge in [0.25, 0.3) is 5.91 Å². The number of amides is 1. The molecule has 4 saturated carbocycles. The van der Waals surface area contributed by atoms with Crippen molar-refractivity contribution in [2.75, 3.05) is 0 Å². The second-order valence-corrected chi connectivity index (χ2v) is 9.16. The largest absolute Gasteiger partial charge is 0.347 e. The Balaban J connectivity index is 1.36. The summed E-state index contributed by atoms with van der Waals surface area (Å²) in [5.41, 5.74) is 3.31. The minimum atomic E-state index is -0.00475. The Bertz CT molecular complexity index is 1030. The molecule has 4 fully saturated rings. The Morgan fingerprint density at radius 3 is 2.57 bits per heavy atom. The third-order valence-electron chi connectivity index (χ3n) is 7.18.